The third kappa shape index (κ3) is 2.29. The maximum absolute atomic E-state index is 12.4. The highest BCUT2D eigenvalue weighted by atomic mass is 35.5. The molecule has 106 valence electrons. The maximum atomic E-state index is 12.4. The van der Waals surface area contributed by atoms with Gasteiger partial charge in [-0.2, -0.15) is 0 Å². The third-order valence-corrected chi connectivity index (χ3v) is 5.25. The van der Waals surface area contributed by atoms with Crippen LogP contribution in [-0.2, 0) is 9.59 Å². The number of hydrogen-bond donors (Lipinski definition) is 0. The van der Waals surface area contributed by atoms with E-state index in [1.807, 2.05) is 0 Å². The van der Waals surface area contributed by atoms with Gasteiger partial charge in [0.25, 0.3) is 0 Å². The van der Waals surface area contributed by atoms with Gasteiger partial charge in [0.05, 0.1) is 0 Å². The van der Waals surface area contributed by atoms with Crippen molar-refractivity contribution in [2.45, 2.75) is 24.6 Å². The number of hydrogen-bond acceptors (Lipinski definition) is 3. The molecule has 0 aromatic heterocycles. The topological polar surface area (TPSA) is 51.2 Å². The first-order valence-electron chi connectivity index (χ1n) is 6.23. The third-order valence-electron chi connectivity index (χ3n) is 3.70. The molecule has 3 atom stereocenters. The minimum Gasteiger partial charge on any atom is -0.297 e. The van der Waals surface area contributed by atoms with Crippen LogP contribution in [0.15, 0.2) is 30.3 Å². The Labute approximate surface area is 127 Å². The van der Waals surface area contributed by atoms with E-state index < -0.39 is 39.4 Å². The highest BCUT2D eigenvalue weighted by Crippen LogP contribution is 2.41. The first-order valence-corrected chi connectivity index (χ1v) is 7.10. The Morgan fingerprint density at radius 2 is 1.45 bits per heavy atom. The molecular weight excluding hydrogens is 299 g/mol. The summed E-state index contributed by atoms with van der Waals surface area (Å²) in [4.78, 5) is 36.9. The maximum Gasteiger partial charge on any atom is 0.180 e. The lowest BCUT2D eigenvalue weighted by Gasteiger charge is -2.39. The van der Waals surface area contributed by atoms with E-state index in [-0.39, 0.29) is 0 Å². The van der Waals surface area contributed by atoms with E-state index in [1.54, 1.807) is 44.2 Å². The largest absolute Gasteiger partial charge is 0.297 e. The van der Waals surface area contributed by atoms with Crippen molar-refractivity contribution in [1.82, 2.24) is 0 Å². The number of halogens is 2. The Hall–Kier alpha value is -1.19. The predicted octanol–water partition coefficient (Wildman–Crippen LogP) is 2.88. The molecule has 0 N–H and O–H groups in total. The van der Waals surface area contributed by atoms with Gasteiger partial charge in [0.2, 0.25) is 0 Å². The highest BCUT2D eigenvalue weighted by Gasteiger charge is 2.55. The van der Waals surface area contributed by atoms with Gasteiger partial charge in [0.15, 0.2) is 17.3 Å². The van der Waals surface area contributed by atoms with Gasteiger partial charge in [-0.25, -0.2) is 0 Å². The van der Waals surface area contributed by atoms with Crippen LogP contribution in [0.2, 0.25) is 0 Å². The van der Waals surface area contributed by atoms with Crippen LogP contribution in [0.3, 0.4) is 0 Å². The first-order chi connectivity index (χ1) is 9.28. The van der Waals surface area contributed by atoms with Gasteiger partial charge in [-0.15, -0.1) is 23.2 Å². The fourth-order valence-electron chi connectivity index (χ4n) is 2.32. The molecule has 0 amide bonds. The molecule has 1 aromatic carbocycles. The number of carbonyl (C=O) groups excluding carboxylic acids is 3. The SMILES string of the molecule is CC1(C)[C@H](Cl)C(=O)C(C(=O)c2ccccc2)C(=O)[C@@H]1Cl. The zero-order valence-electron chi connectivity index (χ0n) is 11.1. The summed E-state index contributed by atoms with van der Waals surface area (Å²) in [6.45, 7) is 3.31. The van der Waals surface area contributed by atoms with Crippen molar-refractivity contribution in [3.63, 3.8) is 0 Å². The fraction of sp³-hybridized carbons (Fsp3) is 0.400. The van der Waals surface area contributed by atoms with E-state index in [2.05, 4.69) is 0 Å². The molecule has 0 spiro atoms. The Balaban J connectivity index is 2.40. The Morgan fingerprint density at radius 3 is 1.90 bits per heavy atom. The van der Waals surface area contributed by atoms with Crippen molar-refractivity contribution in [1.29, 1.82) is 0 Å². The Bertz CT molecular complexity index is 542. The zero-order chi connectivity index (χ0) is 15.1. The van der Waals surface area contributed by atoms with Gasteiger partial charge in [0.1, 0.15) is 16.7 Å². The van der Waals surface area contributed by atoms with Gasteiger partial charge < -0.3 is 0 Å². The predicted molar refractivity (Wildman–Crippen MR) is 77.3 cm³/mol. The van der Waals surface area contributed by atoms with Crippen molar-refractivity contribution >= 4 is 40.6 Å². The lowest BCUT2D eigenvalue weighted by Crippen LogP contribution is -2.56. The van der Waals surface area contributed by atoms with Crippen LogP contribution in [0.25, 0.3) is 0 Å². The molecule has 1 aliphatic rings. The van der Waals surface area contributed by atoms with Gasteiger partial charge in [-0.3, -0.25) is 14.4 Å². The Kier molecular flexibility index (Phi) is 4.03. The minimum absolute atomic E-state index is 0.312. The molecule has 1 aliphatic carbocycles. The normalized spacial score (nSPS) is 29.3. The molecule has 0 heterocycles. The summed E-state index contributed by atoms with van der Waals surface area (Å²) < 4.78 is 0. The molecule has 0 bridgehead atoms. The van der Waals surface area contributed by atoms with Crippen LogP contribution in [-0.4, -0.2) is 28.1 Å². The van der Waals surface area contributed by atoms with Crippen LogP contribution >= 0.6 is 23.2 Å². The average Bonchev–Trinajstić information content (AvgIpc) is 2.44. The van der Waals surface area contributed by atoms with Crippen molar-refractivity contribution < 1.29 is 14.4 Å². The van der Waals surface area contributed by atoms with Gasteiger partial charge in [0, 0.05) is 11.0 Å². The molecule has 0 saturated heterocycles. The molecule has 1 fully saturated rings. The van der Waals surface area contributed by atoms with Crippen LogP contribution in [0.1, 0.15) is 24.2 Å². The summed E-state index contributed by atoms with van der Waals surface area (Å²) in [5, 5.41) is -1.92. The molecule has 1 unspecified atom stereocenters. The molecule has 0 radical (unpaired) electrons. The smallest absolute Gasteiger partial charge is 0.180 e. The first kappa shape index (κ1) is 15.2. The molecule has 1 saturated carbocycles. The van der Waals surface area contributed by atoms with Crippen molar-refractivity contribution in [3.05, 3.63) is 35.9 Å². The van der Waals surface area contributed by atoms with E-state index in [0.29, 0.717) is 5.56 Å². The molecule has 1 aromatic rings. The standard InChI is InChI=1S/C15H14Cl2O3/c1-15(2)13(16)11(19)9(12(20)14(15)17)10(18)8-6-4-3-5-7-8/h3-7,9,13-14H,1-2H3/t9?,13-,14+. The monoisotopic (exact) mass is 312 g/mol. The number of rotatable bonds is 2. The molecular formula is C15H14Cl2O3. The summed E-state index contributed by atoms with van der Waals surface area (Å²) in [7, 11) is 0. The number of alkyl halides is 2. The van der Waals surface area contributed by atoms with Crippen molar-refractivity contribution in [2.75, 3.05) is 0 Å². The number of ketones is 3. The van der Waals surface area contributed by atoms with E-state index in [4.69, 9.17) is 23.2 Å². The lowest BCUT2D eigenvalue weighted by atomic mass is 9.69. The average molecular weight is 313 g/mol. The molecule has 20 heavy (non-hydrogen) atoms. The zero-order valence-corrected chi connectivity index (χ0v) is 12.6. The second-order valence-electron chi connectivity index (χ2n) is 5.51. The van der Waals surface area contributed by atoms with Crippen LogP contribution < -0.4 is 0 Å². The van der Waals surface area contributed by atoms with E-state index in [1.165, 1.54) is 0 Å². The van der Waals surface area contributed by atoms with Gasteiger partial charge in [-0.05, 0) is 0 Å². The summed E-state index contributed by atoms with van der Waals surface area (Å²) in [5.41, 5.74) is -0.559. The molecule has 5 heteroatoms. The molecule has 0 aliphatic heterocycles. The van der Waals surface area contributed by atoms with E-state index in [9.17, 15) is 14.4 Å². The lowest BCUT2D eigenvalue weighted by molar-refractivity contribution is -0.136. The van der Waals surface area contributed by atoms with Gasteiger partial charge in [-0.1, -0.05) is 44.2 Å². The van der Waals surface area contributed by atoms with Crippen molar-refractivity contribution in [3.8, 4) is 0 Å². The second kappa shape index (κ2) is 5.30. The number of benzene rings is 1. The summed E-state index contributed by atoms with van der Waals surface area (Å²) in [5.74, 6) is -3.05. The number of Topliss-reactive ketones (excluding diaryl/α,β-unsaturated/α-hetero) is 3. The fourth-order valence-corrected chi connectivity index (χ4v) is 2.89. The summed E-state index contributed by atoms with van der Waals surface area (Å²) in [6.07, 6.45) is 0. The summed E-state index contributed by atoms with van der Waals surface area (Å²) in [6, 6.07) is 8.22. The Morgan fingerprint density at radius 1 is 1.00 bits per heavy atom. The van der Waals surface area contributed by atoms with Crippen LogP contribution in [0, 0.1) is 11.3 Å². The molecule has 3 nitrogen and oxygen atoms in total. The van der Waals surface area contributed by atoms with Gasteiger partial charge >= 0.3 is 0 Å². The minimum atomic E-state index is -1.39. The number of carbonyl (C=O) groups is 3. The highest BCUT2D eigenvalue weighted by molar-refractivity contribution is 6.45. The summed E-state index contributed by atoms with van der Waals surface area (Å²) >= 11 is 12.2. The van der Waals surface area contributed by atoms with Crippen molar-refractivity contribution in [2.24, 2.45) is 11.3 Å². The van der Waals surface area contributed by atoms with Crippen LogP contribution in [0.5, 0.6) is 0 Å². The van der Waals surface area contributed by atoms with E-state index >= 15 is 0 Å². The molecule has 2 rings (SSSR count). The van der Waals surface area contributed by atoms with Crippen LogP contribution in [0.4, 0.5) is 0 Å². The second-order valence-corrected chi connectivity index (χ2v) is 6.39. The van der Waals surface area contributed by atoms with E-state index in [0.717, 1.165) is 0 Å². The quantitative estimate of drug-likeness (QED) is 0.479.